The van der Waals surface area contributed by atoms with Crippen LogP contribution < -0.4 is 14.2 Å². The van der Waals surface area contributed by atoms with Crippen LogP contribution in [-0.4, -0.2) is 48.3 Å². The first-order valence-corrected chi connectivity index (χ1v) is 9.13. The summed E-state index contributed by atoms with van der Waals surface area (Å²) in [5.41, 5.74) is 0.706. The second kappa shape index (κ2) is 7.83. The smallest absolute Gasteiger partial charge is 0.283 e. The van der Waals surface area contributed by atoms with Crippen molar-refractivity contribution in [3.05, 3.63) is 23.3 Å². The van der Waals surface area contributed by atoms with Crippen LogP contribution in [0.15, 0.2) is 27.8 Å². The number of nitrogens with one attached hydrogen (secondary N) is 1. The average Bonchev–Trinajstić information content (AvgIpc) is 3.07. The Morgan fingerprint density at radius 3 is 2.56 bits per heavy atom. The molecule has 3 rings (SSSR count). The molecule has 0 saturated heterocycles. The first-order valence-electron chi connectivity index (χ1n) is 8.32. The standard InChI is InChI=1S/C18H20N4O4S/c1-5-6-13-21-22-16(19)11(17(23)20-18(22)27-13)9-10-7-8-12(24-2)15(26-4)14(10)25-3/h7-9,19H,5-6H2,1-4H3. The minimum absolute atomic E-state index is 0.0135. The summed E-state index contributed by atoms with van der Waals surface area (Å²) < 4.78 is 16.1. The molecule has 8 nitrogen and oxygen atoms in total. The Morgan fingerprint density at radius 2 is 1.93 bits per heavy atom. The van der Waals surface area contributed by atoms with Crippen molar-refractivity contribution in [2.24, 2.45) is 10.1 Å². The van der Waals surface area contributed by atoms with Crippen LogP contribution in [0.1, 0.15) is 25.3 Å². The monoisotopic (exact) mass is 388 g/mol. The Labute approximate surface area is 161 Å². The van der Waals surface area contributed by atoms with E-state index in [0.717, 1.165) is 17.9 Å². The van der Waals surface area contributed by atoms with Gasteiger partial charge in [0.25, 0.3) is 5.91 Å². The molecule has 0 unspecified atom stereocenters. The molecule has 0 aromatic heterocycles. The van der Waals surface area contributed by atoms with E-state index in [2.05, 4.69) is 10.1 Å². The number of hydrogen-bond donors (Lipinski definition) is 1. The number of rotatable bonds is 6. The maximum atomic E-state index is 12.5. The van der Waals surface area contributed by atoms with Gasteiger partial charge in [-0.1, -0.05) is 6.92 Å². The van der Waals surface area contributed by atoms with E-state index < -0.39 is 5.91 Å². The van der Waals surface area contributed by atoms with Crippen LogP contribution in [0.25, 0.3) is 6.08 Å². The van der Waals surface area contributed by atoms with Crippen molar-refractivity contribution in [2.75, 3.05) is 21.3 Å². The molecule has 2 aliphatic heterocycles. The number of thioether (sulfide) groups is 1. The number of fused-ring (bicyclic) bond motifs is 1. The molecule has 0 radical (unpaired) electrons. The summed E-state index contributed by atoms with van der Waals surface area (Å²) in [5.74, 6) is 0.828. The molecule has 1 amide bonds. The van der Waals surface area contributed by atoms with Gasteiger partial charge in [0, 0.05) is 5.56 Å². The van der Waals surface area contributed by atoms with Crippen molar-refractivity contribution >= 4 is 39.8 Å². The predicted octanol–water partition coefficient (Wildman–Crippen LogP) is 3.13. The average molecular weight is 388 g/mol. The Hall–Kier alpha value is -2.81. The molecule has 0 fully saturated rings. The Bertz CT molecular complexity index is 892. The number of amidine groups is 2. The van der Waals surface area contributed by atoms with E-state index in [1.165, 1.54) is 38.1 Å². The van der Waals surface area contributed by atoms with Gasteiger partial charge in [0.1, 0.15) is 5.04 Å². The molecule has 0 saturated carbocycles. The Balaban J connectivity index is 2.03. The lowest BCUT2D eigenvalue weighted by Crippen LogP contribution is -2.35. The van der Waals surface area contributed by atoms with Crippen molar-refractivity contribution in [2.45, 2.75) is 19.8 Å². The zero-order chi connectivity index (χ0) is 19.6. The van der Waals surface area contributed by atoms with Crippen molar-refractivity contribution < 1.29 is 19.0 Å². The zero-order valence-electron chi connectivity index (χ0n) is 15.5. The van der Waals surface area contributed by atoms with E-state index in [4.69, 9.17) is 19.6 Å². The molecule has 142 valence electrons. The second-order valence-electron chi connectivity index (χ2n) is 5.69. The highest BCUT2D eigenvalue weighted by Crippen LogP contribution is 2.41. The number of hydrazone groups is 1. The maximum absolute atomic E-state index is 12.5. The third-order valence-electron chi connectivity index (χ3n) is 3.99. The van der Waals surface area contributed by atoms with Crippen LogP contribution in [0.3, 0.4) is 0 Å². The highest BCUT2D eigenvalue weighted by molar-refractivity contribution is 8.26. The van der Waals surface area contributed by atoms with Crippen molar-refractivity contribution in [1.29, 1.82) is 5.41 Å². The van der Waals surface area contributed by atoms with Gasteiger partial charge in [-0.05, 0) is 42.8 Å². The number of nitrogens with zero attached hydrogens (tertiary/aromatic N) is 3. The fourth-order valence-electron chi connectivity index (χ4n) is 2.74. The highest BCUT2D eigenvalue weighted by Gasteiger charge is 2.35. The summed E-state index contributed by atoms with van der Waals surface area (Å²) >= 11 is 1.33. The second-order valence-corrected chi connectivity index (χ2v) is 6.73. The summed E-state index contributed by atoms with van der Waals surface area (Å²) in [4.78, 5) is 16.6. The summed E-state index contributed by atoms with van der Waals surface area (Å²) in [6.45, 7) is 2.05. The first-order chi connectivity index (χ1) is 13.0. The summed E-state index contributed by atoms with van der Waals surface area (Å²) in [6, 6.07) is 3.44. The number of methoxy groups -OCH3 is 3. The molecule has 0 aliphatic carbocycles. The third kappa shape index (κ3) is 3.42. The number of ether oxygens (including phenoxy) is 3. The van der Waals surface area contributed by atoms with Crippen LogP contribution in [0, 0.1) is 5.41 Å². The summed E-state index contributed by atoms with van der Waals surface area (Å²) in [7, 11) is 4.54. The van der Waals surface area contributed by atoms with E-state index in [1.54, 1.807) is 18.2 Å². The fraction of sp³-hybridized carbons (Fsp3) is 0.333. The highest BCUT2D eigenvalue weighted by atomic mass is 32.2. The number of aliphatic imine (C=N–C) groups is 1. The number of benzene rings is 1. The van der Waals surface area contributed by atoms with E-state index in [1.807, 2.05) is 6.92 Å². The fourth-order valence-corrected chi connectivity index (χ4v) is 3.73. The van der Waals surface area contributed by atoms with Crippen molar-refractivity contribution in [3.8, 4) is 17.2 Å². The topological polar surface area (TPSA) is 96.6 Å². The van der Waals surface area contributed by atoms with Crippen molar-refractivity contribution in [3.63, 3.8) is 0 Å². The summed E-state index contributed by atoms with van der Waals surface area (Å²) in [6.07, 6.45) is 3.27. The van der Waals surface area contributed by atoms with E-state index in [0.29, 0.717) is 28.0 Å². The molecule has 2 aliphatic rings. The molecule has 9 heteroatoms. The van der Waals surface area contributed by atoms with Crippen LogP contribution in [0.2, 0.25) is 0 Å². The van der Waals surface area contributed by atoms with Gasteiger partial charge >= 0.3 is 0 Å². The Kier molecular flexibility index (Phi) is 5.50. The normalized spacial score (nSPS) is 17.6. The molecule has 0 atom stereocenters. The summed E-state index contributed by atoms with van der Waals surface area (Å²) in [5, 5.41) is 15.5. The molecule has 1 aromatic carbocycles. The molecule has 0 bridgehead atoms. The van der Waals surface area contributed by atoms with E-state index in [-0.39, 0.29) is 11.4 Å². The van der Waals surface area contributed by atoms with Crippen LogP contribution in [0.5, 0.6) is 17.2 Å². The lowest BCUT2D eigenvalue weighted by atomic mass is 10.1. The predicted molar refractivity (Wildman–Crippen MR) is 106 cm³/mol. The van der Waals surface area contributed by atoms with Gasteiger partial charge in [-0.25, -0.2) is 0 Å². The Morgan fingerprint density at radius 1 is 1.19 bits per heavy atom. The third-order valence-corrected chi connectivity index (χ3v) is 4.96. The molecular formula is C18H20N4O4S. The largest absolute Gasteiger partial charge is 0.493 e. The van der Waals surface area contributed by atoms with Crippen LogP contribution >= 0.6 is 11.8 Å². The lowest BCUT2D eigenvalue weighted by Gasteiger charge is -2.21. The van der Waals surface area contributed by atoms with E-state index >= 15 is 0 Å². The number of hydrogen-bond acceptors (Lipinski definition) is 7. The van der Waals surface area contributed by atoms with Crippen LogP contribution in [-0.2, 0) is 4.79 Å². The van der Waals surface area contributed by atoms with Gasteiger partial charge in [-0.2, -0.15) is 15.1 Å². The molecule has 1 aromatic rings. The van der Waals surface area contributed by atoms with Crippen LogP contribution in [0.4, 0.5) is 0 Å². The van der Waals surface area contributed by atoms with Gasteiger partial charge in [0.05, 0.1) is 26.9 Å². The van der Waals surface area contributed by atoms with E-state index in [9.17, 15) is 4.79 Å². The minimum atomic E-state index is -0.483. The van der Waals surface area contributed by atoms with Gasteiger partial charge in [-0.3, -0.25) is 10.2 Å². The first kappa shape index (κ1) is 19.0. The van der Waals surface area contributed by atoms with Gasteiger partial charge < -0.3 is 14.2 Å². The number of amides is 1. The molecule has 27 heavy (non-hydrogen) atoms. The zero-order valence-corrected chi connectivity index (χ0v) is 16.3. The van der Waals surface area contributed by atoms with Crippen molar-refractivity contribution in [1.82, 2.24) is 5.01 Å². The van der Waals surface area contributed by atoms with Gasteiger partial charge in [0.2, 0.25) is 10.9 Å². The molecule has 1 N–H and O–H groups in total. The maximum Gasteiger partial charge on any atom is 0.283 e. The SMILES string of the molecule is CCCC1=NN2C(=N)C(=Cc3ccc(OC)c(OC)c3OC)C(=O)N=C2S1. The number of carbonyl (C=O) groups excluding carboxylic acids is 1. The van der Waals surface area contributed by atoms with Gasteiger partial charge in [-0.15, -0.1) is 0 Å². The molecular weight excluding hydrogens is 368 g/mol. The lowest BCUT2D eigenvalue weighted by molar-refractivity contribution is -0.114. The van der Waals surface area contributed by atoms with Gasteiger partial charge in [0.15, 0.2) is 17.3 Å². The molecule has 0 spiro atoms. The minimum Gasteiger partial charge on any atom is -0.493 e. The quantitative estimate of drug-likeness (QED) is 0.752. The number of carbonyl (C=O) groups is 1. The molecule has 2 heterocycles.